The number of likely N-dealkylation sites (tertiary alicyclic amines) is 1. The van der Waals surface area contributed by atoms with Gasteiger partial charge in [0.2, 0.25) is 0 Å². The summed E-state index contributed by atoms with van der Waals surface area (Å²) in [6, 6.07) is 2.63. The summed E-state index contributed by atoms with van der Waals surface area (Å²) >= 11 is 0. The van der Waals surface area contributed by atoms with E-state index in [2.05, 4.69) is 17.9 Å². The van der Waals surface area contributed by atoms with E-state index in [1.165, 1.54) is 19.3 Å². The topological polar surface area (TPSA) is 45.5 Å². The summed E-state index contributed by atoms with van der Waals surface area (Å²) in [6.45, 7) is 5.48. The van der Waals surface area contributed by atoms with Crippen LogP contribution in [-0.4, -0.2) is 42.5 Å². The highest BCUT2D eigenvalue weighted by molar-refractivity contribution is 8.93. The van der Waals surface area contributed by atoms with Gasteiger partial charge in [-0.25, -0.2) is 0 Å². The number of nitriles is 1. The summed E-state index contributed by atoms with van der Waals surface area (Å²) in [6.07, 6.45) is 6.63. The van der Waals surface area contributed by atoms with Gasteiger partial charge in [0.25, 0.3) is 0 Å². The molecule has 2 aliphatic heterocycles. The number of hydrogen-bond donors (Lipinski definition) is 0. The zero-order valence-electron chi connectivity index (χ0n) is 12.3. The average molecular weight is 345 g/mol. The van der Waals surface area contributed by atoms with Crippen molar-refractivity contribution >= 4 is 17.0 Å². The Balaban J connectivity index is 0.00000147. The summed E-state index contributed by atoms with van der Waals surface area (Å²) in [7, 11) is 0. The third kappa shape index (κ3) is 2.64. The summed E-state index contributed by atoms with van der Waals surface area (Å²) < 4.78 is 11.7. The molecule has 1 saturated carbocycles. The van der Waals surface area contributed by atoms with Crippen LogP contribution in [0, 0.1) is 17.2 Å². The van der Waals surface area contributed by atoms with Crippen molar-refractivity contribution in [2.24, 2.45) is 5.92 Å². The van der Waals surface area contributed by atoms with Crippen LogP contribution in [-0.2, 0) is 9.47 Å². The first-order chi connectivity index (χ1) is 9.21. The normalized spacial score (nSPS) is 32.5. The molecule has 0 N–H and O–H groups in total. The van der Waals surface area contributed by atoms with Gasteiger partial charge >= 0.3 is 0 Å². The molecule has 2 saturated heterocycles. The van der Waals surface area contributed by atoms with Crippen molar-refractivity contribution < 1.29 is 9.47 Å². The maximum absolute atomic E-state index is 9.68. The zero-order valence-corrected chi connectivity index (χ0v) is 14.0. The number of ether oxygens (including phenoxy) is 2. The third-order valence-corrected chi connectivity index (χ3v) is 5.25. The van der Waals surface area contributed by atoms with Crippen LogP contribution in [0.25, 0.3) is 0 Å². The molecule has 1 aliphatic carbocycles. The van der Waals surface area contributed by atoms with Crippen LogP contribution in [0.1, 0.15) is 45.4 Å². The highest BCUT2D eigenvalue weighted by Gasteiger charge is 2.50. The van der Waals surface area contributed by atoms with Gasteiger partial charge in [0.1, 0.15) is 5.54 Å². The molecule has 1 atom stereocenters. The molecular weight excluding hydrogens is 320 g/mol. The van der Waals surface area contributed by atoms with Gasteiger partial charge in [-0.3, -0.25) is 4.90 Å². The fourth-order valence-electron chi connectivity index (χ4n) is 4.02. The van der Waals surface area contributed by atoms with Crippen molar-refractivity contribution in [3.05, 3.63) is 0 Å². The first kappa shape index (κ1) is 16.2. The molecule has 4 nitrogen and oxygen atoms in total. The molecule has 0 radical (unpaired) electrons. The van der Waals surface area contributed by atoms with Crippen molar-refractivity contribution in [2.45, 2.75) is 56.8 Å². The minimum absolute atomic E-state index is 0. The van der Waals surface area contributed by atoms with Gasteiger partial charge in [-0.1, -0.05) is 26.2 Å². The minimum Gasteiger partial charge on any atom is -0.347 e. The Morgan fingerprint density at radius 1 is 1.10 bits per heavy atom. The average Bonchev–Trinajstić information content (AvgIpc) is 2.92. The van der Waals surface area contributed by atoms with Crippen molar-refractivity contribution in [2.75, 3.05) is 26.3 Å². The molecule has 0 amide bonds. The summed E-state index contributed by atoms with van der Waals surface area (Å²) in [5.74, 6) is -0.0159. The number of piperidine rings is 1. The van der Waals surface area contributed by atoms with E-state index in [1.807, 2.05) is 0 Å². The number of halogens is 1. The van der Waals surface area contributed by atoms with Gasteiger partial charge in [-0.2, -0.15) is 5.26 Å². The molecule has 0 aromatic heterocycles. The van der Waals surface area contributed by atoms with Crippen molar-refractivity contribution in [1.82, 2.24) is 4.90 Å². The van der Waals surface area contributed by atoms with Gasteiger partial charge < -0.3 is 9.47 Å². The van der Waals surface area contributed by atoms with E-state index in [1.54, 1.807) is 0 Å². The van der Waals surface area contributed by atoms with Crippen LogP contribution in [0.15, 0.2) is 0 Å². The maximum atomic E-state index is 9.68. The Labute approximate surface area is 132 Å². The van der Waals surface area contributed by atoms with Crippen LogP contribution in [0.5, 0.6) is 0 Å². The molecular formula is C15H25BrN2O2. The SMILES string of the molecule is Br.CC1CN(C2(C#N)CCCCC2)CCC12OCCO2. The molecule has 0 aromatic carbocycles. The lowest BCUT2D eigenvalue weighted by Gasteiger charge is -2.49. The van der Waals surface area contributed by atoms with Crippen LogP contribution in [0.2, 0.25) is 0 Å². The summed E-state index contributed by atoms with van der Waals surface area (Å²) in [5.41, 5.74) is -0.216. The molecule has 0 bridgehead atoms. The molecule has 5 heteroatoms. The van der Waals surface area contributed by atoms with E-state index in [4.69, 9.17) is 9.47 Å². The third-order valence-electron chi connectivity index (χ3n) is 5.25. The Morgan fingerprint density at radius 2 is 1.75 bits per heavy atom. The monoisotopic (exact) mass is 344 g/mol. The van der Waals surface area contributed by atoms with Crippen LogP contribution >= 0.6 is 17.0 Å². The largest absolute Gasteiger partial charge is 0.347 e. The number of nitrogens with zero attached hydrogens (tertiary/aromatic N) is 2. The van der Waals surface area contributed by atoms with Gasteiger partial charge in [-0.05, 0) is 12.8 Å². The van der Waals surface area contributed by atoms with Gasteiger partial charge in [0, 0.05) is 25.4 Å². The molecule has 3 rings (SSSR count). The number of rotatable bonds is 1. The first-order valence-corrected chi connectivity index (χ1v) is 7.65. The van der Waals surface area contributed by atoms with Gasteiger partial charge in [0.05, 0.1) is 19.3 Å². The smallest absolute Gasteiger partial charge is 0.173 e. The molecule has 3 aliphatic rings. The van der Waals surface area contributed by atoms with E-state index < -0.39 is 0 Å². The van der Waals surface area contributed by atoms with Crippen LogP contribution in [0.3, 0.4) is 0 Å². The number of hydrogen-bond acceptors (Lipinski definition) is 4. The lowest BCUT2D eigenvalue weighted by molar-refractivity contribution is -0.222. The molecule has 2 heterocycles. The maximum Gasteiger partial charge on any atom is 0.173 e. The predicted molar refractivity (Wildman–Crippen MR) is 81.7 cm³/mol. The van der Waals surface area contributed by atoms with E-state index >= 15 is 0 Å². The molecule has 1 spiro atoms. The molecule has 20 heavy (non-hydrogen) atoms. The van der Waals surface area contributed by atoms with E-state index in [9.17, 15) is 5.26 Å². The molecule has 0 aromatic rings. The second kappa shape index (κ2) is 6.31. The fraction of sp³-hybridized carbons (Fsp3) is 0.933. The standard InChI is InChI=1S/C15H24N2O2.BrH/c1-13-11-17(8-7-15(13)18-9-10-19-15)14(12-16)5-3-2-4-6-14;/h13H,2-11H2,1H3;1H. The second-order valence-corrected chi connectivity index (χ2v) is 6.31. The van der Waals surface area contributed by atoms with Crippen molar-refractivity contribution in [3.8, 4) is 6.07 Å². The zero-order chi connectivity index (χ0) is 13.3. The summed E-state index contributed by atoms with van der Waals surface area (Å²) in [5, 5.41) is 9.68. The second-order valence-electron chi connectivity index (χ2n) is 6.31. The molecule has 1 unspecified atom stereocenters. The van der Waals surface area contributed by atoms with Gasteiger partial charge in [0.15, 0.2) is 5.79 Å². The van der Waals surface area contributed by atoms with Crippen molar-refractivity contribution in [1.29, 1.82) is 5.26 Å². The molecule has 3 fully saturated rings. The van der Waals surface area contributed by atoms with Crippen LogP contribution in [0.4, 0.5) is 0 Å². The fourth-order valence-corrected chi connectivity index (χ4v) is 4.02. The Morgan fingerprint density at radius 3 is 2.30 bits per heavy atom. The van der Waals surface area contributed by atoms with E-state index in [-0.39, 0.29) is 28.3 Å². The molecule has 114 valence electrons. The lowest BCUT2D eigenvalue weighted by atomic mass is 9.78. The van der Waals surface area contributed by atoms with E-state index in [0.29, 0.717) is 19.1 Å². The lowest BCUT2D eigenvalue weighted by Crippen LogP contribution is -2.59. The Hall–Kier alpha value is -0.150. The highest BCUT2D eigenvalue weighted by Crippen LogP contribution is 2.41. The minimum atomic E-state index is -0.359. The van der Waals surface area contributed by atoms with Crippen molar-refractivity contribution in [3.63, 3.8) is 0 Å². The quantitative estimate of drug-likeness (QED) is 0.733. The first-order valence-electron chi connectivity index (χ1n) is 7.65. The predicted octanol–water partition coefficient (Wildman–Crippen LogP) is 2.88. The Bertz CT molecular complexity index is 371. The van der Waals surface area contributed by atoms with Crippen LogP contribution < -0.4 is 0 Å². The highest BCUT2D eigenvalue weighted by atomic mass is 79.9. The van der Waals surface area contributed by atoms with E-state index in [0.717, 1.165) is 32.4 Å². The summed E-state index contributed by atoms with van der Waals surface area (Å²) in [4.78, 5) is 2.41. The van der Waals surface area contributed by atoms with Gasteiger partial charge in [-0.15, -0.1) is 17.0 Å². The Kier molecular flexibility index (Phi) is 5.12.